The Hall–Kier alpha value is -1.36. The molecule has 0 spiro atoms. The maximum Gasteiger partial charge on any atom is 0.411 e. The second-order valence-corrected chi connectivity index (χ2v) is 6.66. The van der Waals surface area contributed by atoms with Crippen LogP contribution in [0.4, 0.5) is 13.2 Å². The second-order valence-electron chi connectivity index (χ2n) is 4.69. The van der Waals surface area contributed by atoms with Crippen molar-refractivity contribution < 1.29 is 31.1 Å². The van der Waals surface area contributed by atoms with Crippen molar-refractivity contribution in [2.75, 3.05) is 13.2 Å². The maximum atomic E-state index is 12.0. The molecule has 0 heterocycles. The number of benzene rings is 1. The van der Waals surface area contributed by atoms with Gasteiger partial charge in [0.2, 0.25) is 10.0 Å². The number of primary sulfonamides is 1. The van der Waals surface area contributed by atoms with Crippen molar-refractivity contribution in [2.24, 2.45) is 5.14 Å². The molecule has 11 heteroatoms. The molecule has 0 saturated carbocycles. The SMILES string of the molecule is CC(COCC(F)(F)F)NC(=O)c1cc(S(N)(=O)=O)ccc1Cl. The van der Waals surface area contributed by atoms with E-state index in [4.69, 9.17) is 16.7 Å². The predicted molar refractivity (Wildman–Crippen MR) is 76.6 cm³/mol. The summed E-state index contributed by atoms with van der Waals surface area (Å²) in [7, 11) is -4.02. The van der Waals surface area contributed by atoms with Gasteiger partial charge in [0, 0.05) is 6.04 Å². The van der Waals surface area contributed by atoms with Crippen LogP contribution in [0.1, 0.15) is 17.3 Å². The molecule has 0 radical (unpaired) electrons. The summed E-state index contributed by atoms with van der Waals surface area (Å²) in [4.78, 5) is 11.7. The number of ether oxygens (including phenoxy) is 1. The Labute approximate surface area is 135 Å². The molecule has 130 valence electrons. The first-order valence-corrected chi connectivity index (χ1v) is 8.10. The monoisotopic (exact) mass is 374 g/mol. The van der Waals surface area contributed by atoms with Gasteiger partial charge in [0.05, 0.1) is 22.1 Å². The number of hydrogen-bond acceptors (Lipinski definition) is 4. The van der Waals surface area contributed by atoms with Crippen molar-refractivity contribution in [1.29, 1.82) is 0 Å². The lowest BCUT2D eigenvalue weighted by Gasteiger charge is -2.16. The molecule has 1 aromatic carbocycles. The summed E-state index contributed by atoms with van der Waals surface area (Å²) in [5.74, 6) is -0.761. The van der Waals surface area contributed by atoms with E-state index < -0.39 is 34.8 Å². The minimum absolute atomic E-state index is 0.0293. The molecule has 0 aliphatic carbocycles. The van der Waals surface area contributed by atoms with E-state index in [1.54, 1.807) is 0 Å². The summed E-state index contributed by atoms with van der Waals surface area (Å²) in [6.45, 7) is -0.391. The van der Waals surface area contributed by atoms with E-state index in [1.807, 2.05) is 0 Å². The van der Waals surface area contributed by atoms with Crippen molar-refractivity contribution in [2.45, 2.75) is 24.0 Å². The Kier molecular flexibility index (Phi) is 6.40. The number of halogens is 4. The zero-order valence-corrected chi connectivity index (χ0v) is 13.4. The maximum absolute atomic E-state index is 12.0. The number of alkyl halides is 3. The minimum Gasteiger partial charge on any atom is -0.370 e. The zero-order chi connectivity index (χ0) is 17.8. The van der Waals surface area contributed by atoms with Crippen LogP contribution in [0.2, 0.25) is 5.02 Å². The number of carbonyl (C=O) groups excluding carboxylic acids is 1. The first-order valence-electron chi connectivity index (χ1n) is 6.18. The first-order chi connectivity index (χ1) is 10.4. The second kappa shape index (κ2) is 7.47. The molecule has 1 amide bonds. The summed E-state index contributed by atoms with van der Waals surface area (Å²) in [6.07, 6.45) is -4.46. The molecule has 0 aromatic heterocycles. The standard InChI is InChI=1S/C12H14ClF3N2O4S/c1-7(5-22-6-12(14,15)16)18-11(19)9-4-8(23(17,20)21)2-3-10(9)13/h2-4,7H,5-6H2,1H3,(H,18,19)(H2,17,20,21). The molecular weight excluding hydrogens is 361 g/mol. The van der Waals surface area contributed by atoms with Gasteiger partial charge in [0.1, 0.15) is 6.61 Å². The van der Waals surface area contributed by atoms with E-state index in [0.29, 0.717) is 0 Å². The Morgan fingerprint density at radius 1 is 1.43 bits per heavy atom. The van der Waals surface area contributed by atoms with Gasteiger partial charge < -0.3 is 10.1 Å². The molecule has 6 nitrogen and oxygen atoms in total. The van der Waals surface area contributed by atoms with Crippen LogP contribution in [-0.2, 0) is 14.8 Å². The van der Waals surface area contributed by atoms with E-state index >= 15 is 0 Å². The average Bonchev–Trinajstić information content (AvgIpc) is 2.35. The van der Waals surface area contributed by atoms with Crippen LogP contribution < -0.4 is 10.5 Å². The fraction of sp³-hybridized carbons (Fsp3) is 0.417. The molecule has 1 aromatic rings. The molecule has 1 unspecified atom stereocenters. The number of sulfonamides is 1. The van der Waals surface area contributed by atoms with Crippen LogP contribution in [0.15, 0.2) is 23.1 Å². The average molecular weight is 375 g/mol. The van der Waals surface area contributed by atoms with Gasteiger partial charge in [-0.25, -0.2) is 13.6 Å². The molecule has 0 saturated heterocycles. The predicted octanol–water partition coefficient (Wildman–Crippen LogP) is 1.68. The number of carbonyl (C=O) groups is 1. The smallest absolute Gasteiger partial charge is 0.370 e. The van der Waals surface area contributed by atoms with E-state index in [-0.39, 0.29) is 22.1 Å². The molecule has 23 heavy (non-hydrogen) atoms. The third-order valence-electron chi connectivity index (χ3n) is 2.52. The van der Waals surface area contributed by atoms with E-state index in [1.165, 1.54) is 13.0 Å². The summed E-state index contributed by atoms with van der Waals surface area (Å²) in [6, 6.07) is 2.54. The third kappa shape index (κ3) is 6.73. The lowest BCUT2D eigenvalue weighted by Crippen LogP contribution is -2.37. The highest BCUT2D eigenvalue weighted by molar-refractivity contribution is 7.89. The van der Waals surface area contributed by atoms with Gasteiger partial charge >= 0.3 is 6.18 Å². The number of hydrogen-bond donors (Lipinski definition) is 2. The van der Waals surface area contributed by atoms with Crippen LogP contribution in [0.25, 0.3) is 0 Å². The Balaban J connectivity index is 2.74. The van der Waals surface area contributed by atoms with Crippen LogP contribution in [-0.4, -0.2) is 39.8 Å². The van der Waals surface area contributed by atoms with Crippen molar-refractivity contribution in [3.8, 4) is 0 Å². The molecular formula is C12H14ClF3N2O4S. The van der Waals surface area contributed by atoms with Gasteiger partial charge in [-0.15, -0.1) is 0 Å². The normalized spacial score (nSPS) is 13.7. The highest BCUT2D eigenvalue weighted by Crippen LogP contribution is 2.20. The zero-order valence-electron chi connectivity index (χ0n) is 11.9. The summed E-state index contributed by atoms with van der Waals surface area (Å²) < 4.78 is 62.8. The largest absolute Gasteiger partial charge is 0.411 e. The fourth-order valence-corrected chi connectivity index (χ4v) is 2.29. The molecule has 0 bridgehead atoms. The Bertz CT molecular complexity index is 679. The number of amides is 1. The fourth-order valence-electron chi connectivity index (χ4n) is 1.55. The highest BCUT2D eigenvalue weighted by atomic mass is 35.5. The minimum atomic E-state index is -4.46. The van der Waals surface area contributed by atoms with Gasteiger partial charge in [-0.2, -0.15) is 13.2 Å². The van der Waals surface area contributed by atoms with Crippen molar-refractivity contribution >= 4 is 27.5 Å². The molecule has 0 aliphatic rings. The summed E-state index contributed by atoms with van der Waals surface area (Å²) >= 11 is 5.81. The van der Waals surface area contributed by atoms with Gasteiger partial charge in [0.25, 0.3) is 5.91 Å². The molecule has 1 atom stereocenters. The number of nitrogens with two attached hydrogens (primary N) is 1. The van der Waals surface area contributed by atoms with E-state index in [9.17, 15) is 26.4 Å². The molecule has 0 fully saturated rings. The molecule has 0 aliphatic heterocycles. The van der Waals surface area contributed by atoms with Crippen LogP contribution in [0.5, 0.6) is 0 Å². The molecule has 3 N–H and O–H groups in total. The first kappa shape index (κ1) is 19.7. The van der Waals surface area contributed by atoms with Crippen molar-refractivity contribution in [3.05, 3.63) is 28.8 Å². The van der Waals surface area contributed by atoms with E-state index in [0.717, 1.165) is 12.1 Å². The topological polar surface area (TPSA) is 98.5 Å². The molecule has 1 rings (SSSR count). The summed E-state index contributed by atoms with van der Waals surface area (Å²) in [5.41, 5.74) is -0.166. The van der Waals surface area contributed by atoms with Crippen molar-refractivity contribution in [3.63, 3.8) is 0 Å². The number of nitrogens with one attached hydrogen (secondary N) is 1. The van der Waals surface area contributed by atoms with Crippen LogP contribution >= 0.6 is 11.6 Å². The highest BCUT2D eigenvalue weighted by Gasteiger charge is 2.27. The lowest BCUT2D eigenvalue weighted by molar-refractivity contribution is -0.174. The Morgan fingerprint density at radius 3 is 2.57 bits per heavy atom. The lowest BCUT2D eigenvalue weighted by atomic mass is 10.2. The van der Waals surface area contributed by atoms with Gasteiger partial charge in [-0.3, -0.25) is 4.79 Å². The van der Waals surface area contributed by atoms with Crippen LogP contribution in [0.3, 0.4) is 0 Å². The van der Waals surface area contributed by atoms with Gasteiger partial charge in [0.15, 0.2) is 0 Å². The number of rotatable bonds is 6. The van der Waals surface area contributed by atoms with Crippen LogP contribution in [0, 0.1) is 0 Å². The van der Waals surface area contributed by atoms with Gasteiger partial charge in [-0.1, -0.05) is 11.6 Å². The van der Waals surface area contributed by atoms with Crippen molar-refractivity contribution in [1.82, 2.24) is 5.32 Å². The summed E-state index contributed by atoms with van der Waals surface area (Å²) in [5, 5.41) is 7.28. The van der Waals surface area contributed by atoms with E-state index in [2.05, 4.69) is 10.1 Å². The quantitative estimate of drug-likeness (QED) is 0.791. The Morgan fingerprint density at radius 2 is 2.04 bits per heavy atom. The van der Waals surface area contributed by atoms with Gasteiger partial charge in [-0.05, 0) is 25.1 Å². The third-order valence-corrected chi connectivity index (χ3v) is 3.76.